The van der Waals surface area contributed by atoms with E-state index in [0.717, 1.165) is 5.75 Å². The topological polar surface area (TPSA) is 36.1 Å². The molecule has 7 heavy (non-hydrogen) atoms. The molecule has 0 saturated carbocycles. The van der Waals surface area contributed by atoms with Crippen molar-refractivity contribution in [2.75, 3.05) is 5.75 Å². The Bertz CT molecular complexity index is 133. The van der Waals surface area contributed by atoms with Crippen molar-refractivity contribution >= 4 is 17.5 Å². The molecule has 0 saturated heterocycles. The quantitative estimate of drug-likeness (QED) is 0.464. The Morgan fingerprint density at radius 2 is 2.86 bits per heavy atom. The first kappa shape index (κ1) is 4.66. The molecule has 0 unspecified atom stereocenters. The van der Waals surface area contributed by atoms with Crippen molar-refractivity contribution in [3.8, 4) is 6.07 Å². The molecule has 3 heteroatoms. The van der Waals surface area contributed by atoms with Crippen LogP contribution in [0, 0.1) is 17.2 Å². The zero-order valence-electron chi connectivity index (χ0n) is 3.59. The molecule has 1 rings (SSSR count). The molecule has 0 N–H and O–H groups in total. The number of nitrogens with zero attached hydrogens (tertiary/aromatic N) is 2. The number of nitriles is 1. The van der Waals surface area contributed by atoms with Gasteiger partial charge in [0.1, 0.15) is 17.7 Å². The third-order valence-corrected chi connectivity index (χ3v) is 1.33. The number of hydrogen-bond donors (Lipinski definition) is 0. The highest BCUT2D eigenvalue weighted by Crippen LogP contribution is 2.13. The number of thioether (sulfide) groups is 1. The molecular formula is C4H3N2S. The van der Waals surface area contributed by atoms with Gasteiger partial charge in [-0.1, -0.05) is 0 Å². The molecule has 1 radical (unpaired) electrons. The molecule has 0 bridgehead atoms. The Morgan fingerprint density at radius 1 is 2.00 bits per heavy atom. The summed E-state index contributed by atoms with van der Waals surface area (Å²) in [7, 11) is 0. The molecule has 0 aromatic heterocycles. The summed E-state index contributed by atoms with van der Waals surface area (Å²) in [4.78, 5) is 3.75. The van der Waals surface area contributed by atoms with Gasteiger partial charge in [-0.2, -0.15) is 5.26 Å². The fraction of sp³-hybridized carbons (Fsp3) is 0.250. The van der Waals surface area contributed by atoms with Gasteiger partial charge in [0.2, 0.25) is 0 Å². The predicted molar refractivity (Wildman–Crippen MR) is 29.8 cm³/mol. The maximum absolute atomic E-state index is 8.15. The van der Waals surface area contributed by atoms with Crippen molar-refractivity contribution in [3.63, 3.8) is 0 Å². The van der Waals surface area contributed by atoms with Gasteiger partial charge in [-0.3, -0.25) is 4.99 Å². The van der Waals surface area contributed by atoms with Crippen LogP contribution in [0.1, 0.15) is 0 Å². The van der Waals surface area contributed by atoms with Crippen molar-refractivity contribution in [2.24, 2.45) is 4.99 Å². The summed E-state index contributed by atoms with van der Waals surface area (Å²) in [5.41, 5.74) is 0.630. The van der Waals surface area contributed by atoms with Crippen LogP contribution in [0.5, 0.6) is 0 Å². The lowest BCUT2D eigenvalue weighted by atomic mass is 10.5. The minimum atomic E-state index is 0.630. The summed E-state index contributed by atoms with van der Waals surface area (Å²) in [6.45, 7) is 0. The first-order chi connectivity index (χ1) is 3.43. The zero-order valence-corrected chi connectivity index (χ0v) is 4.40. The van der Waals surface area contributed by atoms with E-state index in [2.05, 4.69) is 4.99 Å². The van der Waals surface area contributed by atoms with Crippen molar-refractivity contribution in [2.45, 2.75) is 0 Å². The van der Waals surface area contributed by atoms with Crippen LogP contribution in [0.3, 0.4) is 0 Å². The molecule has 0 spiro atoms. The Balaban J connectivity index is 2.57. The second kappa shape index (κ2) is 1.99. The van der Waals surface area contributed by atoms with Gasteiger partial charge in [-0.05, 0) is 0 Å². The number of rotatable bonds is 0. The molecule has 0 atom stereocenters. The van der Waals surface area contributed by atoms with Gasteiger partial charge in [-0.25, -0.2) is 0 Å². The number of hydrogen-bond acceptors (Lipinski definition) is 3. The third kappa shape index (κ3) is 0.937. The van der Waals surface area contributed by atoms with E-state index >= 15 is 0 Å². The molecule has 0 aromatic rings. The van der Waals surface area contributed by atoms with Crippen LogP contribution >= 0.6 is 11.8 Å². The normalized spacial score (nSPS) is 18.4. The maximum Gasteiger partial charge on any atom is 0.128 e. The molecule has 1 heterocycles. The molecular weight excluding hydrogens is 108 g/mol. The second-order valence-electron chi connectivity index (χ2n) is 1.10. The lowest BCUT2D eigenvalue weighted by Gasteiger charge is -1.72. The minimum absolute atomic E-state index is 0.630. The van der Waals surface area contributed by atoms with E-state index in [9.17, 15) is 0 Å². The van der Waals surface area contributed by atoms with Gasteiger partial charge in [0.05, 0.1) is 0 Å². The lowest BCUT2D eigenvalue weighted by molar-refractivity contribution is 1.51. The highest BCUT2D eigenvalue weighted by Gasteiger charge is 2.03. The first-order valence-electron chi connectivity index (χ1n) is 1.83. The van der Waals surface area contributed by atoms with Gasteiger partial charge in [0.15, 0.2) is 0 Å². The third-order valence-electron chi connectivity index (χ3n) is 0.632. The van der Waals surface area contributed by atoms with Gasteiger partial charge >= 0.3 is 0 Å². The summed E-state index contributed by atoms with van der Waals surface area (Å²) in [5, 5.41) is 8.15. The standard InChI is InChI=1S/C4H3N2S/c5-1-4-2-7-3-6-4/h3H,2H2. The molecule has 0 aliphatic carbocycles. The van der Waals surface area contributed by atoms with E-state index in [4.69, 9.17) is 5.26 Å². The Labute approximate surface area is 46.2 Å². The highest BCUT2D eigenvalue weighted by molar-refractivity contribution is 8.02. The smallest absolute Gasteiger partial charge is 0.128 e. The molecule has 0 amide bonds. The van der Waals surface area contributed by atoms with E-state index in [0.29, 0.717) is 5.71 Å². The van der Waals surface area contributed by atoms with E-state index < -0.39 is 0 Å². The fourth-order valence-electron chi connectivity index (χ4n) is 0.316. The molecule has 0 fully saturated rings. The average Bonchev–Trinajstić information content (AvgIpc) is 2.14. The van der Waals surface area contributed by atoms with Crippen LogP contribution in [0.2, 0.25) is 0 Å². The molecule has 2 nitrogen and oxygen atoms in total. The summed E-state index contributed by atoms with van der Waals surface area (Å²) >= 11 is 1.56. The van der Waals surface area contributed by atoms with Gasteiger partial charge in [0.25, 0.3) is 0 Å². The van der Waals surface area contributed by atoms with E-state index in [1.165, 1.54) is 0 Å². The molecule has 1 aliphatic heterocycles. The monoisotopic (exact) mass is 111 g/mol. The number of aliphatic imine (C=N–C) groups is 1. The van der Waals surface area contributed by atoms with Crippen LogP contribution in [0.15, 0.2) is 4.99 Å². The molecule has 1 aliphatic rings. The maximum atomic E-state index is 8.15. The minimum Gasteiger partial charge on any atom is -0.260 e. The highest BCUT2D eigenvalue weighted by atomic mass is 32.2. The largest absolute Gasteiger partial charge is 0.260 e. The van der Waals surface area contributed by atoms with E-state index in [1.54, 1.807) is 17.6 Å². The van der Waals surface area contributed by atoms with Crippen LogP contribution < -0.4 is 0 Å². The van der Waals surface area contributed by atoms with Crippen molar-refractivity contribution in [3.05, 3.63) is 5.88 Å². The van der Waals surface area contributed by atoms with Crippen LogP contribution in [0.4, 0.5) is 0 Å². The summed E-state index contributed by atoms with van der Waals surface area (Å²) in [5.74, 6) is 2.45. The summed E-state index contributed by atoms with van der Waals surface area (Å²) in [6, 6.07) is 1.96. The lowest BCUT2D eigenvalue weighted by Crippen LogP contribution is -1.88. The van der Waals surface area contributed by atoms with Crippen LogP contribution in [-0.4, -0.2) is 11.5 Å². The second-order valence-corrected chi connectivity index (χ2v) is 1.94. The van der Waals surface area contributed by atoms with Crippen molar-refractivity contribution in [1.29, 1.82) is 5.26 Å². The molecule has 0 aromatic carbocycles. The Kier molecular flexibility index (Phi) is 1.32. The van der Waals surface area contributed by atoms with Crippen molar-refractivity contribution in [1.82, 2.24) is 0 Å². The van der Waals surface area contributed by atoms with Crippen LogP contribution in [0.25, 0.3) is 0 Å². The van der Waals surface area contributed by atoms with Gasteiger partial charge in [-0.15, -0.1) is 11.8 Å². The first-order valence-corrected chi connectivity index (χ1v) is 2.88. The predicted octanol–water partition coefficient (Wildman–Crippen LogP) is 0.817. The van der Waals surface area contributed by atoms with E-state index in [-0.39, 0.29) is 0 Å². The summed E-state index contributed by atoms with van der Waals surface area (Å²) < 4.78 is 0. The van der Waals surface area contributed by atoms with E-state index in [1.807, 2.05) is 6.07 Å². The molecule has 35 valence electrons. The Morgan fingerprint density at radius 3 is 3.14 bits per heavy atom. The van der Waals surface area contributed by atoms with Crippen LogP contribution in [-0.2, 0) is 0 Å². The Hall–Kier alpha value is -0.490. The van der Waals surface area contributed by atoms with Crippen molar-refractivity contribution < 1.29 is 0 Å². The SMILES string of the molecule is N#CC1=N[CH]SC1. The fourth-order valence-corrected chi connectivity index (χ4v) is 0.889. The van der Waals surface area contributed by atoms with Gasteiger partial charge < -0.3 is 0 Å². The van der Waals surface area contributed by atoms with Gasteiger partial charge in [0, 0.05) is 5.75 Å². The average molecular weight is 111 g/mol. The zero-order chi connectivity index (χ0) is 5.11. The summed E-state index contributed by atoms with van der Waals surface area (Å²) in [6.07, 6.45) is 0.